The first-order valence-electron chi connectivity index (χ1n) is 7.35. The van der Waals surface area contributed by atoms with E-state index in [0.29, 0.717) is 18.9 Å². The topological polar surface area (TPSA) is 127 Å². The second-order valence-electron chi connectivity index (χ2n) is 5.51. The molecular weight excluding hydrogens is 381 g/mol. The Morgan fingerprint density at radius 1 is 1.23 bits per heavy atom. The van der Waals surface area contributed by atoms with Crippen LogP contribution in [0.1, 0.15) is 37.7 Å². The quantitative estimate of drug-likeness (QED) is 0.616. The van der Waals surface area contributed by atoms with E-state index in [9.17, 15) is 36.5 Å². The fourth-order valence-corrected chi connectivity index (χ4v) is 2.97. The lowest BCUT2D eigenvalue weighted by Crippen LogP contribution is -2.38. The Kier molecular flexibility index (Phi) is 7.24. The third kappa shape index (κ3) is 6.10. The highest BCUT2D eigenvalue weighted by atomic mass is 32.2. The number of non-ortho nitro benzene ring substituents is 1. The monoisotopic (exact) mass is 396 g/mol. The summed E-state index contributed by atoms with van der Waals surface area (Å²) in [5.74, 6) is -1.13. The van der Waals surface area contributed by atoms with Crippen molar-refractivity contribution in [2.45, 2.75) is 43.8 Å². The lowest BCUT2D eigenvalue weighted by molar-refractivity contribution is -0.385. The molecule has 0 unspecified atom stereocenters. The Labute approximate surface area is 147 Å². The van der Waals surface area contributed by atoms with Gasteiger partial charge in [-0.1, -0.05) is 25.3 Å². The molecule has 0 aliphatic heterocycles. The molecule has 1 saturated carbocycles. The van der Waals surface area contributed by atoms with Crippen LogP contribution in [0.4, 0.5) is 18.9 Å². The predicted molar refractivity (Wildman–Crippen MR) is 82.9 cm³/mol. The number of aliphatic carboxylic acids is 1. The van der Waals surface area contributed by atoms with Crippen LogP contribution >= 0.6 is 0 Å². The number of alkyl halides is 3. The van der Waals surface area contributed by atoms with Gasteiger partial charge in [-0.25, -0.2) is 4.79 Å². The summed E-state index contributed by atoms with van der Waals surface area (Å²) in [5.41, 5.74) is -2.94. The highest BCUT2D eigenvalue weighted by molar-refractivity contribution is 7.61. The third-order valence-corrected chi connectivity index (χ3v) is 4.21. The van der Waals surface area contributed by atoms with Crippen LogP contribution in [0.5, 0.6) is 0 Å². The molecule has 1 N–H and O–H groups in total. The first-order chi connectivity index (χ1) is 12.0. The van der Waals surface area contributed by atoms with Crippen LogP contribution < -0.4 is 0 Å². The van der Waals surface area contributed by atoms with Crippen LogP contribution in [-0.4, -0.2) is 30.0 Å². The number of carboxylic acids is 1. The maximum Gasteiger partial charge on any atom is 0.416 e. The minimum atomic E-state index is -4.54. The van der Waals surface area contributed by atoms with E-state index < -0.39 is 44.4 Å². The van der Waals surface area contributed by atoms with Crippen molar-refractivity contribution in [2.24, 2.45) is 4.36 Å². The highest BCUT2D eigenvalue weighted by Gasteiger charge is 2.40. The summed E-state index contributed by atoms with van der Waals surface area (Å²) in [4.78, 5) is 20.1. The number of hydrogen-bond acceptors (Lipinski definition) is 6. The molecule has 1 fully saturated rings. The number of benzene rings is 1. The first kappa shape index (κ1) is 21.5. The first-order valence-corrected chi connectivity index (χ1v) is 8.38. The van der Waals surface area contributed by atoms with Gasteiger partial charge in [-0.2, -0.15) is 26.0 Å². The fraction of sp³-hybridized carbons (Fsp3) is 0.500. The van der Waals surface area contributed by atoms with Gasteiger partial charge in [-0.15, -0.1) is 0 Å². The van der Waals surface area contributed by atoms with Gasteiger partial charge in [-0.3, -0.25) is 10.1 Å². The standard InChI is InChI=1S/C7H4F3NO2.C7H11NO4S/c8-7(9,10)5-2-1-3-6(4-5)11(12)13;9-6(10)7(8-13(11)12)4-2-1-3-5-7/h1-4H;1-5H2,(H,9,10). The molecule has 1 aliphatic rings. The normalized spacial score (nSPS) is 16.0. The van der Waals surface area contributed by atoms with E-state index in [-0.39, 0.29) is 0 Å². The maximum absolute atomic E-state index is 12.0. The van der Waals surface area contributed by atoms with Crippen LogP contribution in [0, 0.1) is 10.1 Å². The average molecular weight is 396 g/mol. The second kappa shape index (κ2) is 8.74. The number of nitro groups is 1. The van der Waals surface area contributed by atoms with E-state index >= 15 is 0 Å². The van der Waals surface area contributed by atoms with Crippen molar-refractivity contribution >= 4 is 22.2 Å². The number of rotatable bonds is 3. The summed E-state index contributed by atoms with van der Waals surface area (Å²) in [6.45, 7) is 0. The van der Waals surface area contributed by atoms with Crippen molar-refractivity contribution in [2.75, 3.05) is 0 Å². The van der Waals surface area contributed by atoms with Gasteiger partial charge in [0.2, 0.25) is 0 Å². The number of hydrogen-bond donors (Lipinski definition) is 1. The molecule has 1 aliphatic carbocycles. The van der Waals surface area contributed by atoms with Gasteiger partial charge in [0.1, 0.15) is 0 Å². The molecule has 12 heteroatoms. The van der Waals surface area contributed by atoms with Crippen molar-refractivity contribution in [1.82, 2.24) is 0 Å². The van der Waals surface area contributed by atoms with Crippen molar-refractivity contribution < 1.29 is 36.4 Å². The average Bonchev–Trinajstić information content (AvgIpc) is 2.55. The zero-order chi connectivity index (χ0) is 20.0. The van der Waals surface area contributed by atoms with Crippen LogP contribution in [0.15, 0.2) is 28.6 Å². The predicted octanol–water partition coefficient (Wildman–Crippen LogP) is 3.45. The molecule has 144 valence electrons. The molecule has 8 nitrogen and oxygen atoms in total. The van der Waals surface area contributed by atoms with Crippen molar-refractivity contribution in [3.63, 3.8) is 0 Å². The lowest BCUT2D eigenvalue weighted by Gasteiger charge is -2.26. The van der Waals surface area contributed by atoms with Gasteiger partial charge in [0.25, 0.3) is 5.69 Å². The van der Waals surface area contributed by atoms with E-state index in [2.05, 4.69) is 4.36 Å². The van der Waals surface area contributed by atoms with Crippen LogP contribution in [0.25, 0.3) is 0 Å². The Morgan fingerprint density at radius 3 is 2.23 bits per heavy atom. The molecule has 0 heterocycles. The molecule has 0 radical (unpaired) electrons. The summed E-state index contributed by atoms with van der Waals surface area (Å²) in [6.07, 6.45) is -1.46. The summed E-state index contributed by atoms with van der Waals surface area (Å²) in [5, 5.41) is 19.0. The van der Waals surface area contributed by atoms with Gasteiger partial charge in [0.15, 0.2) is 5.54 Å². The van der Waals surface area contributed by atoms with E-state index in [1.807, 2.05) is 0 Å². The van der Waals surface area contributed by atoms with Crippen LogP contribution in [0.2, 0.25) is 0 Å². The Balaban J connectivity index is 0.000000260. The van der Waals surface area contributed by atoms with E-state index in [0.717, 1.165) is 37.5 Å². The molecule has 1 aromatic rings. The van der Waals surface area contributed by atoms with E-state index in [4.69, 9.17) is 5.11 Å². The molecule has 2 rings (SSSR count). The third-order valence-electron chi connectivity index (χ3n) is 3.71. The molecule has 1 aromatic carbocycles. The van der Waals surface area contributed by atoms with E-state index in [1.54, 1.807) is 0 Å². The SMILES string of the molecule is O=C(O)C1(N=S(=O)=O)CCCCC1.O=[N+]([O-])c1cccc(C(F)(F)F)c1. The second-order valence-corrected chi connectivity index (χ2v) is 6.13. The zero-order valence-electron chi connectivity index (χ0n) is 13.3. The van der Waals surface area contributed by atoms with Gasteiger partial charge >= 0.3 is 22.6 Å². The van der Waals surface area contributed by atoms with Gasteiger partial charge in [0.05, 0.1) is 10.5 Å². The Hall–Kier alpha value is -2.50. The van der Waals surface area contributed by atoms with Gasteiger partial charge in [-0.05, 0) is 18.9 Å². The number of halogens is 3. The number of nitrogens with zero attached hydrogens (tertiary/aromatic N) is 2. The van der Waals surface area contributed by atoms with Crippen LogP contribution in [0.3, 0.4) is 0 Å². The fourth-order valence-electron chi connectivity index (χ4n) is 2.42. The number of carbonyl (C=O) groups is 1. The number of carboxylic acid groups (broad SMARTS) is 1. The van der Waals surface area contributed by atoms with E-state index in [1.165, 1.54) is 0 Å². The summed E-state index contributed by atoms with van der Waals surface area (Å²) < 4.78 is 60.0. The molecule has 0 amide bonds. The molecular formula is C14H15F3N2O6S. The Bertz CT molecular complexity index is 793. The molecule has 26 heavy (non-hydrogen) atoms. The summed E-state index contributed by atoms with van der Waals surface area (Å²) in [7, 11) is -2.63. The minimum absolute atomic E-state index is 0.330. The maximum atomic E-state index is 12.0. The lowest BCUT2D eigenvalue weighted by atomic mass is 9.83. The largest absolute Gasteiger partial charge is 0.479 e. The minimum Gasteiger partial charge on any atom is -0.479 e. The van der Waals surface area contributed by atoms with Crippen molar-refractivity contribution in [3.05, 3.63) is 39.9 Å². The van der Waals surface area contributed by atoms with Crippen molar-refractivity contribution in [3.8, 4) is 0 Å². The molecule has 0 atom stereocenters. The van der Waals surface area contributed by atoms with Crippen LogP contribution in [-0.2, 0) is 21.5 Å². The smallest absolute Gasteiger partial charge is 0.416 e. The number of nitro benzene ring substituents is 1. The highest BCUT2D eigenvalue weighted by Crippen LogP contribution is 2.32. The zero-order valence-corrected chi connectivity index (χ0v) is 14.1. The Morgan fingerprint density at radius 2 is 1.81 bits per heavy atom. The van der Waals surface area contributed by atoms with Gasteiger partial charge < -0.3 is 5.11 Å². The summed E-state index contributed by atoms with van der Waals surface area (Å²) >= 11 is 0. The van der Waals surface area contributed by atoms with Gasteiger partial charge in [0, 0.05) is 12.1 Å². The molecule has 0 spiro atoms. The molecule has 0 bridgehead atoms. The molecule has 0 saturated heterocycles. The van der Waals surface area contributed by atoms with Crippen molar-refractivity contribution in [1.29, 1.82) is 0 Å². The summed E-state index contributed by atoms with van der Waals surface area (Å²) in [6, 6.07) is 3.29. The molecule has 0 aromatic heterocycles.